The monoisotopic (exact) mass is 355 g/mol. The predicted octanol–water partition coefficient (Wildman–Crippen LogP) is 1.06. The minimum atomic E-state index is -0.0712. The first kappa shape index (κ1) is 16.1. The van der Waals surface area contributed by atoms with E-state index in [4.69, 9.17) is 4.42 Å². The Morgan fingerprint density at radius 1 is 1.23 bits per heavy atom. The van der Waals surface area contributed by atoms with E-state index in [9.17, 15) is 4.79 Å². The van der Waals surface area contributed by atoms with Gasteiger partial charge in [0, 0.05) is 44.2 Å². The molecule has 2 aromatic heterocycles. The van der Waals surface area contributed by atoms with Crippen molar-refractivity contribution in [1.82, 2.24) is 20.5 Å². The normalized spacial score (nSPS) is 28.5. The second-order valence-corrected chi connectivity index (χ2v) is 7.64. The third kappa shape index (κ3) is 2.85. The minimum Gasteiger partial charge on any atom is -0.460 e. The predicted molar refractivity (Wildman–Crippen MR) is 99.5 cm³/mol. The molecule has 4 fully saturated rings. The van der Waals surface area contributed by atoms with Gasteiger partial charge in [-0.3, -0.25) is 4.79 Å². The van der Waals surface area contributed by atoms with Crippen molar-refractivity contribution >= 4 is 22.6 Å². The van der Waals surface area contributed by atoms with Crippen LogP contribution in [0.4, 0.5) is 5.69 Å². The molecule has 2 N–H and O–H groups in total. The molecule has 0 aliphatic carbocycles. The number of piperidine rings is 3. The molecular formula is C19H25N5O2. The number of pyridine rings is 1. The van der Waals surface area contributed by atoms with Gasteiger partial charge in [0.1, 0.15) is 12.0 Å². The molecule has 4 saturated heterocycles. The van der Waals surface area contributed by atoms with Gasteiger partial charge in [-0.25, -0.2) is 4.98 Å². The van der Waals surface area contributed by atoms with Crippen LogP contribution in [-0.4, -0.2) is 67.6 Å². The Kier molecular flexibility index (Phi) is 4.05. The van der Waals surface area contributed by atoms with E-state index in [0.717, 1.165) is 49.4 Å². The van der Waals surface area contributed by atoms with Gasteiger partial charge in [0.15, 0.2) is 5.58 Å². The molecule has 1 amide bonds. The molecular weight excluding hydrogens is 330 g/mol. The van der Waals surface area contributed by atoms with Gasteiger partial charge >= 0.3 is 0 Å². The molecule has 1 atom stereocenters. The topological polar surface area (TPSA) is 73.6 Å². The van der Waals surface area contributed by atoms with Crippen molar-refractivity contribution in [3.05, 3.63) is 24.2 Å². The van der Waals surface area contributed by atoms with Gasteiger partial charge in [0.2, 0.25) is 0 Å². The lowest BCUT2D eigenvalue weighted by Gasteiger charge is -2.44. The van der Waals surface area contributed by atoms with Gasteiger partial charge in [-0.1, -0.05) is 0 Å². The van der Waals surface area contributed by atoms with E-state index < -0.39 is 0 Å². The summed E-state index contributed by atoms with van der Waals surface area (Å²) in [5.41, 5.74) is 2.27. The largest absolute Gasteiger partial charge is 0.460 e. The van der Waals surface area contributed by atoms with Crippen molar-refractivity contribution in [2.24, 2.45) is 5.92 Å². The molecule has 4 aliphatic rings. The molecule has 0 radical (unpaired) electrons. The lowest BCUT2D eigenvalue weighted by molar-refractivity contribution is 0.0618. The van der Waals surface area contributed by atoms with E-state index >= 15 is 0 Å². The van der Waals surface area contributed by atoms with Crippen LogP contribution < -0.4 is 15.5 Å². The number of amides is 1. The Labute approximate surface area is 152 Å². The number of piperazine rings is 1. The first-order valence-corrected chi connectivity index (χ1v) is 9.64. The summed E-state index contributed by atoms with van der Waals surface area (Å²) in [6.45, 7) is 7.12. The summed E-state index contributed by atoms with van der Waals surface area (Å²) in [7, 11) is 0. The quantitative estimate of drug-likeness (QED) is 0.858. The molecule has 1 unspecified atom stereocenters. The fraction of sp³-hybridized carbons (Fsp3) is 0.579. The zero-order valence-corrected chi connectivity index (χ0v) is 14.9. The third-order valence-electron chi connectivity index (χ3n) is 6.10. The van der Waals surface area contributed by atoms with E-state index in [1.54, 1.807) is 12.5 Å². The third-order valence-corrected chi connectivity index (χ3v) is 6.10. The summed E-state index contributed by atoms with van der Waals surface area (Å²) < 4.78 is 5.66. The number of nitrogens with zero attached hydrogens (tertiary/aromatic N) is 3. The van der Waals surface area contributed by atoms with E-state index in [-0.39, 0.29) is 11.9 Å². The van der Waals surface area contributed by atoms with Crippen LogP contribution in [0.5, 0.6) is 0 Å². The molecule has 7 nitrogen and oxygen atoms in total. The van der Waals surface area contributed by atoms with Crippen molar-refractivity contribution in [3.63, 3.8) is 0 Å². The summed E-state index contributed by atoms with van der Waals surface area (Å²) in [5, 5.41) is 7.56. The highest BCUT2D eigenvalue weighted by atomic mass is 16.3. The van der Waals surface area contributed by atoms with Gasteiger partial charge < -0.3 is 24.9 Å². The van der Waals surface area contributed by atoms with Gasteiger partial charge in [-0.15, -0.1) is 0 Å². The molecule has 0 aromatic carbocycles. The molecule has 4 aliphatic heterocycles. The van der Waals surface area contributed by atoms with E-state index in [1.165, 1.54) is 25.9 Å². The number of fused-ring (bicyclic) bond motifs is 4. The van der Waals surface area contributed by atoms with Crippen LogP contribution in [0.1, 0.15) is 23.3 Å². The van der Waals surface area contributed by atoms with Crippen molar-refractivity contribution in [2.45, 2.75) is 18.9 Å². The number of aromatic nitrogens is 1. The van der Waals surface area contributed by atoms with Crippen molar-refractivity contribution in [3.8, 4) is 0 Å². The van der Waals surface area contributed by atoms with Crippen molar-refractivity contribution in [2.75, 3.05) is 50.7 Å². The summed E-state index contributed by atoms with van der Waals surface area (Å²) >= 11 is 0. The molecule has 7 heteroatoms. The second kappa shape index (κ2) is 6.55. The number of nitrogens with one attached hydrogen (secondary N) is 2. The van der Waals surface area contributed by atoms with Crippen LogP contribution in [0.2, 0.25) is 0 Å². The minimum absolute atomic E-state index is 0.0712. The first-order valence-electron chi connectivity index (χ1n) is 9.64. The van der Waals surface area contributed by atoms with Crippen LogP contribution in [0.15, 0.2) is 22.9 Å². The highest BCUT2D eigenvalue weighted by molar-refractivity contribution is 5.99. The number of anilines is 1. The molecule has 138 valence electrons. The van der Waals surface area contributed by atoms with Gasteiger partial charge in [0.05, 0.1) is 11.9 Å². The maximum atomic E-state index is 12.8. The van der Waals surface area contributed by atoms with Gasteiger partial charge in [-0.2, -0.15) is 0 Å². The molecule has 6 heterocycles. The molecule has 0 spiro atoms. The zero-order chi connectivity index (χ0) is 17.5. The maximum Gasteiger partial charge on any atom is 0.270 e. The molecule has 0 saturated carbocycles. The highest BCUT2D eigenvalue weighted by Crippen LogP contribution is 2.30. The fourth-order valence-electron chi connectivity index (χ4n) is 4.57. The summed E-state index contributed by atoms with van der Waals surface area (Å²) in [4.78, 5) is 21.9. The Morgan fingerprint density at radius 3 is 2.77 bits per heavy atom. The molecule has 2 aromatic rings. The molecule has 26 heavy (non-hydrogen) atoms. The number of hydrogen-bond acceptors (Lipinski definition) is 6. The van der Waals surface area contributed by atoms with Crippen LogP contribution >= 0.6 is 0 Å². The smallest absolute Gasteiger partial charge is 0.270 e. The number of hydrogen-bond donors (Lipinski definition) is 2. The van der Waals surface area contributed by atoms with Crippen molar-refractivity contribution in [1.29, 1.82) is 0 Å². The summed E-state index contributed by atoms with van der Waals surface area (Å²) in [6, 6.07) is 2.13. The van der Waals surface area contributed by atoms with Crippen LogP contribution in [0.25, 0.3) is 11.0 Å². The second-order valence-electron chi connectivity index (χ2n) is 7.64. The zero-order valence-electron chi connectivity index (χ0n) is 14.9. The fourth-order valence-corrected chi connectivity index (χ4v) is 4.57. The number of rotatable bonds is 3. The summed E-state index contributed by atoms with van der Waals surface area (Å²) in [6.07, 6.45) is 5.83. The van der Waals surface area contributed by atoms with E-state index in [2.05, 4.69) is 25.4 Å². The van der Waals surface area contributed by atoms with Gasteiger partial charge in [0.25, 0.3) is 5.91 Å². The average Bonchev–Trinajstić information content (AvgIpc) is 3.13. The Morgan fingerprint density at radius 2 is 2.04 bits per heavy atom. The Hall–Kier alpha value is -2.12. The van der Waals surface area contributed by atoms with E-state index in [1.807, 2.05) is 6.07 Å². The SMILES string of the molecule is O=C(NC1CN2CCC1CC2)c1cc2c(N3CCNCC3)coc2cn1. The first-order chi connectivity index (χ1) is 12.8. The van der Waals surface area contributed by atoms with Crippen LogP contribution in [0, 0.1) is 5.92 Å². The maximum absolute atomic E-state index is 12.8. The lowest BCUT2D eigenvalue weighted by Crippen LogP contribution is -2.57. The lowest BCUT2D eigenvalue weighted by atomic mass is 9.84. The number of carbonyl (C=O) groups excluding carboxylic acids is 1. The Bertz CT molecular complexity index is 805. The number of furan rings is 1. The molecule has 2 bridgehead atoms. The van der Waals surface area contributed by atoms with Gasteiger partial charge in [-0.05, 0) is 37.9 Å². The van der Waals surface area contributed by atoms with Crippen molar-refractivity contribution < 1.29 is 9.21 Å². The average molecular weight is 355 g/mol. The van der Waals surface area contributed by atoms with E-state index in [0.29, 0.717) is 11.6 Å². The summed E-state index contributed by atoms with van der Waals surface area (Å²) in [5.74, 6) is 0.538. The van der Waals surface area contributed by atoms with Crippen LogP contribution in [0.3, 0.4) is 0 Å². The molecule has 6 rings (SSSR count). The van der Waals surface area contributed by atoms with Crippen LogP contribution in [-0.2, 0) is 0 Å². The Balaban J connectivity index is 1.37. The number of carbonyl (C=O) groups is 1. The highest BCUT2D eigenvalue weighted by Gasteiger charge is 2.35. The standard InChI is InChI=1S/C19H25N5O2/c25-19(22-16-11-23-5-1-13(16)2-6-23)15-9-14-17(12-26-18(14)10-21-15)24-7-3-20-4-8-24/h9-10,12-13,16,20H,1-8,11H2,(H,22,25).